The second-order valence-electron chi connectivity index (χ2n) is 6.09. The molecule has 0 aromatic carbocycles. The van der Waals surface area contributed by atoms with Gasteiger partial charge in [-0.2, -0.15) is 0 Å². The molecule has 4 rings (SSSR count). The van der Waals surface area contributed by atoms with Gasteiger partial charge in [0, 0.05) is 13.2 Å². The molecule has 6 heteroatoms. The number of amides is 1. The summed E-state index contributed by atoms with van der Waals surface area (Å²) in [6.07, 6.45) is 5.29. The van der Waals surface area contributed by atoms with Crippen LogP contribution < -0.4 is 0 Å². The number of carboxylic acids is 1. The van der Waals surface area contributed by atoms with Crippen molar-refractivity contribution in [2.45, 2.75) is 30.7 Å². The molecule has 1 amide bonds. The lowest BCUT2D eigenvalue weighted by Crippen LogP contribution is -2.39. The monoisotopic (exact) mass is 279 g/mol. The molecule has 0 saturated carbocycles. The minimum absolute atomic E-state index is 0.0821. The molecule has 4 heterocycles. The fraction of sp³-hybridized carbons (Fsp3) is 0.714. The lowest BCUT2D eigenvalue weighted by Gasteiger charge is -2.23. The summed E-state index contributed by atoms with van der Waals surface area (Å²) in [5.41, 5.74) is -0.719. The Kier molecular flexibility index (Phi) is 2.50. The maximum Gasteiger partial charge on any atom is 0.310 e. The third-order valence-electron chi connectivity index (χ3n) is 4.91. The van der Waals surface area contributed by atoms with Crippen molar-refractivity contribution in [1.82, 2.24) is 4.90 Å². The zero-order valence-corrected chi connectivity index (χ0v) is 11.0. The van der Waals surface area contributed by atoms with Crippen molar-refractivity contribution in [3.05, 3.63) is 12.2 Å². The van der Waals surface area contributed by atoms with Gasteiger partial charge in [-0.3, -0.25) is 9.59 Å². The Hall–Kier alpha value is -1.40. The van der Waals surface area contributed by atoms with Crippen LogP contribution in [0.4, 0.5) is 0 Å². The first-order chi connectivity index (χ1) is 9.61. The number of aliphatic carboxylic acids is 1. The van der Waals surface area contributed by atoms with E-state index in [9.17, 15) is 14.7 Å². The predicted octanol–water partition coefficient (Wildman–Crippen LogP) is 0.0320. The summed E-state index contributed by atoms with van der Waals surface area (Å²) in [4.78, 5) is 25.7. The van der Waals surface area contributed by atoms with Crippen molar-refractivity contribution < 1.29 is 24.2 Å². The van der Waals surface area contributed by atoms with Crippen LogP contribution in [-0.2, 0) is 19.1 Å². The van der Waals surface area contributed by atoms with Crippen LogP contribution in [0.2, 0.25) is 0 Å². The average molecular weight is 279 g/mol. The molecule has 3 saturated heterocycles. The minimum Gasteiger partial charge on any atom is -0.481 e. The van der Waals surface area contributed by atoms with E-state index in [0.29, 0.717) is 13.1 Å². The first-order valence-corrected chi connectivity index (χ1v) is 7.11. The number of likely N-dealkylation sites (tertiary alicyclic amines) is 1. The van der Waals surface area contributed by atoms with Crippen LogP contribution in [0.5, 0.6) is 0 Å². The van der Waals surface area contributed by atoms with Crippen molar-refractivity contribution in [3.8, 4) is 0 Å². The molecule has 1 N–H and O–H groups in total. The van der Waals surface area contributed by atoms with Gasteiger partial charge < -0.3 is 19.5 Å². The lowest BCUT2D eigenvalue weighted by molar-refractivity contribution is -0.148. The molecule has 5 atom stereocenters. The molecule has 1 spiro atoms. The number of carboxylic acid groups (broad SMARTS) is 1. The third kappa shape index (κ3) is 1.52. The SMILES string of the molecule is O=C(O)[C@H]1[C@H]2C=C[C@@]3(CN(C[C@@H]4CCCO4)C(=O)[C@@H]13)O2. The number of nitrogens with zero attached hydrogens (tertiary/aromatic N) is 1. The summed E-state index contributed by atoms with van der Waals surface area (Å²) in [5, 5.41) is 9.36. The molecule has 20 heavy (non-hydrogen) atoms. The Morgan fingerprint density at radius 2 is 2.40 bits per heavy atom. The van der Waals surface area contributed by atoms with Crippen molar-refractivity contribution in [1.29, 1.82) is 0 Å². The van der Waals surface area contributed by atoms with Gasteiger partial charge in [-0.25, -0.2) is 0 Å². The van der Waals surface area contributed by atoms with Crippen LogP contribution >= 0.6 is 0 Å². The topological polar surface area (TPSA) is 76.1 Å². The molecule has 0 radical (unpaired) electrons. The van der Waals surface area contributed by atoms with Gasteiger partial charge in [0.15, 0.2) is 0 Å². The molecule has 108 valence electrons. The van der Waals surface area contributed by atoms with Gasteiger partial charge in [-0.05, 0) is 12.8 Å². The maximum absolute atomic E-state index is 12.6. The summed E-state index contributed by atoms with van der Waals surface area (Å²) in [6.45, 7) is 1.75. The first-order valence-electron chi connectivity index (χ1n) is 7.11. The molecule has 4 aliphatic heterocycles. The number of ether oxygens (including phenoxy) is 2. The van der Waals surface area contributed by atoms with E-state index in [-0.39, 0.29) is 12.0 Å². The number of carbonyl (C=O) groups is 2. The molecule has 0 aromatic heterocycles. The van der Waals surface area contributed by atoms with Crippen LogP contribution in [0, 0.1) is 11.8 Å². The smallest absolute Gasteiger partial charge is 0.310 e. The molecule has 0 unspecified atom stereocenters. The van der Waals surface area contributed by atoms with E-state index in [1.54, 1.807) is 11.0 Å². The van der Waals surface area contributed by atoms with E-state index in [4.69, 9.17) is 9.47 Å². The normalized spacial score (nSPS) is 45.4. The molecule has 0 aliphatic carbocycles. The maximum atomic E-state index is 12.6. The van der Waals surface area contributed by atoms with Crippen molar-refractivity contribution >= 4 is 11.9 Å². The van der Waals surface area contributed by atoms with Crippen molar-refractivity contribution in [3.63, 3.8) is 0 Å². The number of carbonyl (C=O) groups excluding carboxylic acids is 1. The Balaban J connectivity index is 1.58. The third-order valence-corrected chi connectivity index (χ3v) is 4.91. The highest BCUT2D eigenvalue weighted by atomic mass is 16.5. The Morgan fingerprint density at radius 3 is 3.10 bits per heavy atom. The number of fused-ring (bicyclic) bond motifs is 1. The van der Waals surface area contributed by atoms with E-state index in [2.05, 4.69) is 0 Å². The quantitative estimate of drug-likeness (QED) is 0.738. The molecule has 4 aliphatic rings. The summed E-state index contributed by atoms with van der Waals surface area (Å²) in [5.74, 6) is -2.36. The fourth-order valence-corrected chi connectivity index (χ4v) is 4.05. The Labute approximate surface area is 116 Å². The van der Waals surface area contributed by atoms with Crippen LogP contribution in [0.3, 0.4) is 0 Å². The second-order valence-corrected chi connectivity index (χ2v) is 6.09. The van der Waals surface area contributed by atoms with Crippen LogP contribution in [0.1, 0.15) is 12.8 Å². The van der Waals surface area contributed by atoms with Crippen LogP contribution in [0.25, 0.3) is 0 Å². The number of hydrogen-bond acceptors (Lipinski definition) is 4. The van der Waals surface area contributed by atoms with Crippen molar-refractivity contribution in [2.24, 2.45) is 11.8 Å². The molecule has 3 fully saturated rings. The largest absolute Gasteiger partial charge is 0.481 e. The summed E-state index contributed by atoms with van der Waals surface area (Å²) in [6, 6.07) is 0. The first kappa shape index (κ1) is 12.3. The van der Waals surface area contributed by atoms with Gasteiger partial charge in [-0.1, -0.05) is 12.2 Å². The summed E-state index contributed by atoms with van der Waals surface area (Å²) in [7, 11) is 0. The molecular weight excluding hydrogens is 262 g/mol. The van der Waals surface area contributed by atoms with Crippen molar-refractivity contribution in [2.75, 3.05) is 19.7 Å². The second kappa shape index (κ2) is 4.05. The molecular formula is C14H17NO5. The van der Waals surface area contributed by atoms with Crippen LogP contribution in [0.15, 0.2) is 12.2 Å². The van der Waals surface area contributed by atoms with Gasteiger partial charge >= 0.3 is 5.97 Å². The molecule has 2 bridgehead atoms. The Morgan fingerprint density at radius 1 is 1.55 bits per heavy atom. The summed E-state index contributed by atoms with van der Waals surface area (Å²) < 4.78 is 11.4. The molecule has 6 nitrogen and oxygen atoms in total. The van der Waals surface area contributed by atoms with E-state index < -0.39 is 29.5 Å². The van der Waals surface area contributed by atoms with Gasteiger partial charge in [0.05, 0.1) is 24.7 Å². The zero-order chi connectivity index (χ0) is 13.9. The highest BCUT2D eigenvalue weighted by Crippen LogP contribution is 2.51. The van der Waals surface area contributed by atoms with E-state index >= 15 is 0 Å². The van der Waals surface area contributed by atoms with Gasteiger partial charge in [0.1, 0.15) is 11.5 Å². The van der Waals surface area contributed by atoms with E-state index in [1.807, 2.05) is 6.08 Å². The lowest BCUT2D eigenvalue weighted by atomic mass is 9.77. The van der Waals surface area contributed by atoms with Gasteiger partial charge in [0.2, 0.25) is 5.91 Å². The Bertz CT molecular complexity index is 498. The van der Waals surface area contributed by atoms with E-state index in [0.717, 1.165) is 19.4 Å². The predicted molar refractivity (Wildman–Crippen MR) is 66.9 cm³/mol. The molecule has 0 aromatic rings. The minimum atomic E-state index is -0.946. The van der Waals surface area contributed by atoms with E-state index in [1.165, 1.54) is 0 Å². The summed E-state index contributed by atoms with van der Waals surface area (Å²) >= 11 is 0. The van der Waals surface area contributed by atoms with Gasteiger partial charge in [-0.15, -0.1) is 0 Å². The standard InChI is InChI=1S/C14H17NO5/c16-12-11-10(13(17)18)9-3-4-14(11,20-9)7-15(12)6-8-2-1-5-19-8/h3-4,8-11H,1-2,5-7H2,(H,17,18)/t8-,9+,10-,11+,14-/m0/s1. The number of rotatable bonds is 3. The average Bonchev–Trinajstić information content (AvgIpc) is 3.12. The van der Waals surface area contributed by atoms with Crippen LogP contribution in [-0.4, -0.2) is 59.4 Å². The highest BCUT2D eigenvalue weighted by molar-refractivity contribution is 5.90. The van der Waals surface area contributed by atoms with Gasteiger partial charge in [0.25, 0.3) is 0 Å². The fourth-order valence-electron chi connectivity index (χ4n) is 4.05. The zero-order valence-electron chi connectivity index (χ0n) is 11.0. The number of hydrogen-bond donors (Lipinski definition) is 1. The highest BCUT2D eigenvalue weighted by Gasteiger charge is 2.67.